The predicted octanol–water partition coefficient (Wildman–Crippen LogP) is 1.16. The van der Waals surface area contributed by atoms with E-state index < -0.39 is 0 Å². The van der Waals surface area contributed by atoms with E-state index in [4.69, 9.17) is 15.2 Å². The zero-order valence-corrected chi connectivity index (χ0v) is 10.8. The molecule has 0 saturated carbocycles. The van der Waals surface area contributed by atoms with E-state index in [-0.39, 0.29) is 0 Å². The summed E-state index contributed by atoms with van der Waals surface area (Å²) in [4.78, 5) is 5.80. The van der Waals surface area contributed by atoms with E-state index in [9.17, 15) is 0 Å². The Balaban J connectivity index is 2.28. The highest BCUT2D eigenvalue weighted by atomic mass is 32.1. The lowest BCUT2D eigenvalue weighted by atomic mass is 10.3. The summed E-state index contributed by atoms with van der Waals surface area (Å²) in [5.41, 5.74) is 6.65. The number of hydrogen-bond donors (Lipinski definition) is 1. The van der Waals surface area contributed by atoms with Crippen LogP contribution < -0.4 is 5.73 Å². The van der Waals surface area contributed by atoms with E-state index >= 15 is 0 Å². The third kappa shape index (κ3) is 4.57. The number of hydrogen-bond acceptors (Lipinski definition) is 5. The number of ether oxygens (including phenoxy) is 2. The summed E-state index contributed by atoms with van der Waals surface area (Å²) in [5, 5.41) is 1.14. The minimum Gasteiger partial charge on any atom is -0.382 e. The number of thiazole rings is 1. The molecule has 0 aliphatic rings. The molecule has 2 N–H and O–H groups in total. The molecule has 0 aromatic carbocycles. The second-order valence-electron chi connectivity index (χ2n) is 3.51. The fourth-order valence-electron chi connectivity index (χ4n) is 1.36. The van der Waals surface area contributed by atoms with Gasteiger partial charge in [0.15, 0.2) is 0 Å². The van der Waals surface area contributed by atoms with Gasteiger partial charge in [0.1, 0.15) is 0 Å². The summed E-state index contributed by atoms with van der Waals surface area (Å²) in [6, 6.07) is 0. The highest BCUT2D eigenvalue weighted by molar-refractivity contribution is 7.11. The number of methoxy groups -OCH3 is 1. The molecule has 0 fully saturated rings. The zero-order chi connectivity index (χ0) is 11.8. The Morgan fingerprint density at radius 1 is 1.25 bits per heavy atom. The molecule has 0 saturated heterocycles. The largest absolute Gasteiger partial charge is 0.382 e. The van der Waals surface area contributed by atoms with Gasteiger partial charge in [-0.1, -0.05) is 0 Å². The van der Waals surface area contributed by atoms with Crippen LogP contribution in [0.5, 0.6) is 0 Å². The van der Waals surface area contributed by atoms with E-state index in [0.29, 0.717) is 26.4 Å². The van der Waals surface area contributed by atoms with Crippen molar-refractivity contribution >= 4 is 11.3 Å². The number of aryl methyl sites for hydroxylation is 1. The molecule has 92 valence electrons. The molecular formula is C11H20N2O2S. The van der Waals surface area contributed by atoms with E-state index in [2.05, 4.69) is 4.98 Å². The Hall–Kier alpha value is -0.490. The second kappa shape index (κ2) is 7.73. The maximum Gasteiger partial charge on any atom is 0.0953 e. The minimum absolute atomic E-state index is 0.648. The lowest BCUT2D eigenvalue weighted by molar-refractivity contribution is 0.0722. The summed E-state index contributed by atoms with van der Waals surface area (Å²) in [6.45, 7) is 4.73. The van der Waals surface area contributed by atoms with Gasteiger partial charge >= 0.3 is 0 Å². The third-order valence-electron chi connectivity index (χ3n) is 2.20. The Kier molecular flexibility index (Phi) is 6.56. The molecule has 5 heteroatoms. The van der Waals surface area contributed by atoms with Crippen molar-refractivity contribution in [2.75, 3.05) is 33.5 Å². The topological polar surface area (TPSA) is 57.4 Å². The normalized spacial score (nSPS) is 10.9. The van der Waals surface area contributed by atoms with Crippen LogP contribution in [-0.2, 0) is 22.3 Å². The highest BCUT2D eigenvalue weighted by Gasteiger charge is 2.06. The van der Waals surface area contributed by atoms with Crippen molar-refractivity contribution in [1.29, 1.82) is 0 Å². The van der Waals surface area contributed by atoms with E-state index in [1.165, 1.54) is 4.88 Å². The number of aromatic nitrogens is 1. The molecular weight excluding hydrogens is 224 g/mol. The van der Waals surface area contributed by atoms with Gasteiger partial charge in [-0.25, -0.2) is 4.98 Å². The number of rotatable bonds is 8. The second-order valence-corrected chi connectivity index (χ2v) is 4.68. The quantitative estimate of drug-likeness (QED) is 0.697. The molecule has 0 radical (unpaired) electrons. The van der Waals surface area contributed by atoms with Gasteiger partial charge in [-0.05, 0) is 19.9 Å². The van der Waals surface area contributed by atoms with Crippen LogP contribution in [0.3, 0.4) is 0 Å². The van der Waals surface area contributed by atoms with E-state index in [0.717, 1.165) is 23.5 Å². The lowest BCUT2D eigenvalue weighted by Gasteiger charge is -2.00. The molecule has 4 nitrogen and oxygen atoms in total. The smallest absolute Gasteiger partial charge is 0.0953 e. The van der Waals surface area contributed by atoms with Crippen LogP contribution in [0, 0.1) is 6.92 Å². The standard InChI is InChI=1S/C11H20N2O2S/c1-9-10(3-5-12)16-11(13-9)4-6-15-8-7-14-2/h3-8,12H2,1-2H3. The molecule has 0 spiro atoms. The fraction of sp³-hybridized carbons (Fsp3) is 0.727. The highest BCUT2D eigenvalue weighted by Crippen LogP contribution is 2.18. The Bertz CT molecular complexity index is 302. The molecule has 1 heterocycles. The van der Waals surface area contributed by atoms with Crippen LogP contribution in [0.2, 0.25) is 0 Å². The summed E-state index contributed by atoms with van der Waals surface area (Å²) in [7, 11) is 1.67. The molecule has 0 unspecified atom stereocenters. The first-order valence-electron chi connectivity index (χ1n) is 5.50. The molecule has 0 aliphatic heterocycles. The van der Waals surface area contributed by atoms with Gasteiger partial charge in [-0.2, -0.15) is 0 Å². The first-order chi connectivity index (χ1) is 7.77. The van der Waals surface area contributed by atoms with Gasteiger partial charge in [0.2, 0.25) is 0 Å². The van der Waals surface area contributed by atoms with Crippen LogP contribution in [-0.4, -0.2) is 38.5 Å². The molecule has 0 amide bonds. The van der Waals surface area contributed by atoms with Crippen LogP contribution in [0.25, 0.3) is 0 Å². The molecule has 0 bridgehead atoms. The van der Waals surface area contributed by atoms with Gasteiger partial charge in [-0.15, -0.1) is 11.3 Å². The molecule has 0 atom stereocenters. The van der Waals surface area contributed by atoms with E-state index in [1.807, 2.05) is 6.92 Å². The summed E-state index contributed by atoms with van der Waals surface area (Å²) in [6.07, 6.45) is 1.80. The Labute approximate surface area is 101 Å². The summed E-state index contributed by atoms with van der Waals surface area (Å²) >= 11 is 1.75. The minimum atomic E-state index is 0.648. The van der Waals surface area contributed by atoms with Crippen LogP contribution in [0.15, 0.2) is 0 Å². The SMILES string of the molecule is COCCOCCc1nc(C)c(CCN)s1. The number of nitrogens with zero attached hydrogens (tertiary/aromatic N) is 1. The first-order valence-corrected chi connectivity index (χ1v) is 6.31. The lowest BCUT2D eigenvalue weighted by Crippen LogP contribution is -2.04. The Morgan fingerprint density at radius 2 is 2.06 bits per heavy atom. The maximum absolute atomic E-state index is 5.53. The Morgan fingerprint density at radius 3 is 2.75 bits per heavy atom. The first kappa shape index (κ1) is 13.6. The monoisotopic (exact) mass is 244 g/mol. The molecule has 16 heavy (non-hydrogen) atoms. The summed E-state index contributed by atoms with van der Waals surface area (Å²) < 4.78 is 10.3. The fourth-order valence-corrected chi connectivity index (χ4v) is 2.43. The van der Waals surface area contributed by atoms with Crippen molar-refractivity contribution in [3.8, 4) is 0 Å². The average molecular weight is 244 g/mol. The zero-order valence-electron chi connectivity index (χ0n) is 9.99. The van der Waals surface area contributed by atoms with Crippen molar-refractivity contribution in [1.82, 2.24) is 4.98 Å². The van der Waals surface area contributed by atoms with E-state index in [1.54, 1.807) is 18.4 Å². The molecule has 1 rings (SSSR count). The molecule has 0 aliphatic carbocycles. The maximum atomic E-state index is 5.53. The summed E-state index contributed by atoms with van der Waals surface area (Å²) in [5.74, 6) is 0. The average Bonchev–Trinajstić information content (AvgIpc) is 2.60. The van der Waals surface area contributed by atoms with Gasteiger partial charge in [0, 0.05) is 18.4 Å². The predicted molar refractivity (Wildman–Crippen MR) is 66.0 cm³/mol. The van der Waals surface area contributed by atoms with Crippen molar-refractivity contribution in [3.05, 3.63) is 15.6 Å². The van der Waals surface area contributed by atoms with Gasteiger partial charge in [-0.3, -0.25) is 0 Å². The van der Waals surface area contributed by atoms with Crippen LogP contribution in [0.1, 0.15) is 15.6 Å². The van der Waals surface area contributed by atoms with Crippen LogP contribution >= 0.6 is 11.3 Å². The number of nitrogens with two attached hydrogens (primary N) is 1. The molecule has 1 aromatic rings. The van der Waals surface area contributed by atoms with Gasteiger partial charge in [0.25, 0.3) is 0 Å². The van der Waals surface area contributed by atoms with Crippen molar-refractivity contribution in [3.63, 3.8) is 0 Å². The van der Waals surface area contributed by atoms with Crippen molar-refractivity contribution in [2.24, 2.45) is 5.73 Å². The van der Waals surface area contributed by atoms with Crippen molar-refractivity contribution in [2.45, 2.75) is 19.8 Å². The third-order valence-corrected chi connectivity index (χ3v) is 3.48. The van der Waals surface area contributed by atoms with Gasteiger partial charge in [0.05, 0.1) is 30.5 Å². The van der Waals surface area contributed by atoms with Crippen LogP contribution in [0.4, 0.5) is 0 Å². The molecule has 1 aromatic heterocycles. The van der Waals surface area contributed by atoms with Gasteiger partial charge < -0.3 is 15.2 Å². The van der Waals surface area contributed by atoms with Crippen molar-refractivity contribution < 1.29 is 9.47 Å².